The first kappa shape index (κ1) is 22.7. The normalized spacial score (nSPS) is 17.3. The Kier molecular flexibility index (Phi) is 6.49. The molecule has 7 nitrogen and oxygen atoms in total. The van der Waals surface area contributed by atoms with Crippen molar-refractivity contribution in [1.82, 2.24) is 24.8 Å². The fourth-order valence-electron chi connectivity index (χ4n) is 4.31. The van der Waals surface area contributed by atoms with Crippen LogP contribution in [0.3, 0.4) is 0 Å². The molecule has 176 valence electrons. The number of carbonyl (C=O) groups is 1. The van der Waals surface area contributed by atoms with E-state index in [2.05, 4.69) is 31.2 Å². The van der Waals surface area contributed by atoms with Crippen molar-refractivity contribution >= 4 is 28.9 Å². The molecule has 1 aliphatic rings. The molecule has 0 unspecified atom stereocenters. The first-order valence-corrected chi connectivity index (χ1v) is 11.6. The molecule has 9 heteroatoms. The van der Waals surface area contributed by atoms with Gasteiger partial charge in [0.05, 0.1) is 29.7 Å². The van der Waals surface area contributed by atoms with Crippen molar-refractivity contribution in [3.63, 3.8) is 0 Å². The zero-order valence-corrected chi connectivity index (χ0v) is 19.5. The summed E-state index contributed by atoms with van der Waals surface area (Å²) in [5.41, 5.74) is 3.34. The number of aromatic nitrogens is 3. The second-order valence-electron chi connectivity index (χ2n) is 8.14. The molecule has 1 amide bonds. The molecule has 1 saturated heterocycles. The van der Waals surface area contributed by atoms with Crippen molar-refractivity contribution in [1.29, 1.82) is 0 Å². The minimum Gasteiger partial charge on any atom is -0.352 e. The molecule has 0 spiro atoms. The molecule has 35 heavy (non-hydrogen) atoms. The highest BCUT2D eigenvalue weighted by Gasteiger charge is 2.41. The first-order chi connectivity index (χ1) is 17.1. The first-order valence-electron chi connectivity index (χ1n) is 11.2. The van der Waals surface area contributed by atoms with Crippen LogP contribution in [0.5, 0.6) is 0 Å². The van der Waals surface area contributed by atoms with E-state index in [1.807, 2.05) is 47.5 Å². The molecular formula is C26H23FN6OS. The Hall–Kier alpha value is -4.11. The van der Waals surface area contributed by atoms with Crippen LogP contribution in [0.25, 0.3) is 5.69 Å². The number of rotatable bonds is 7. The number of anilines is 1. The lowest BCUT2D eigenvalue weighted by Gasteiger charge is -2.28. The Morgan fingerprint density at radius 1 is 1.06 bits per heavy atom. The van der Waals surface area contributed by atoms with Gasteiger partial charge in [0.1, 0.15) is 5.82 Å². The number of pyridine rings is 2. The highest BCUT2D eigenvalue weighted by atomic mass is 32.1. The molecule has 0 saturated carbocycles. The van der Waals surface area contributed by atoms with Gasteiger partial charge in [-0.2, -0.15) is 0 Å². The van der Waals surface area contributed by atoms with Crippen LogP contribution < -0.4 is 10.6 Å². The molecule has 4 heterocycles. The maximum Gasteiger partial charge on any atom is 0.226 e. The van der Waals surface area contributed by atoms with E-state index in [1.54, 1.807) is 18.6 Å². The van der Waals surface area contributed by atoms with Crippen molar-refractivity contribution in [2.45, 2.75) is 18.5 Å². The van der Waals surface area contributed by atoms with Gasteiger partial charge < -0.3 is 20.1 Å². The molecule has 0 radical (unpaired) electrons. The van der Waals surface area contributed by atoms with Crippen molar-refractivity contribution in [3.05, 3.63) is 109 Å². The molecular weight excluding hydrogens is 463 g/mol. The number of thiocarbonyl (C=S) groups is 1. The summed E-state index contributed by atoms with van der Waals surface area (Å²) in [4.78, 5) is 23.5. The highest BCUT2D eigenvalue weighted by molar-refractivity contribution is 7.80. The maximum absolute atomic E-state index is 13.2. The van der Waals surface area contributed by atoms with Gasteiger partial charge in [-0.25, -0.2) is 4.39 Å². The van der Waals surface area contributed by atoms with Gasteiger partial charge in [-0.05, 0) is 72.9 Å². The van der Waals surface area contributed by atoms with Gasteiger partial charge in [0.15, 0.2) is 5.11 Å². The van der Waals surface area contributed by atoms with Crippen LogP contribution in [-0.2, 0) is 4.79 Å². The number of hydrogen-bond donors (Lipinski definition) is 2. The van der Waals surface area contributed by atoms with E-state index in [-0.39, 0.29) is 30.2 Å². The smallest absolute Gasteiger partial charge is 0.226 e. The van der Waals surface area contributed by atoms with Crippen molar-refractivity contribution in [2.24, 2.45) is 0 Å². The Morgan fingerprint density at radius 2 is 1.91 bits per heavy atom. The van der Waals surface area contributed by atoms with Gasteiger partial charge in [-0.1, -0.05) is 6.07 Å². The van der Waals surface area contributed by atoms with Crippen LogP contribution in [0.2, 0.25) is 0 Å². The number of nitrogens with one attached hydrogen (secondary N) is 2. The number of nitrogens with zero attached hydrogens (tertiary/aromatic N) is 4. The fraction of sp³-hybridized carbons (Fsp3) is 0.154. The summed E-state index contributed by atoms with van der Waals surface area (Å²) in [6, 6.07) is 19.0. The third kappa shape index (κ3) is 4.90. The van der Waals surface area contributed by atoms with Gasteiger partial charge in [0.2, 0.25) is 5.91 Å². The maximum atomic E-state index is 13.2. The van der Waals surface area contributed by atoms with Gasteiger partial charge >= 0.3 is 0 Å². The van der Waals surface area contributed by atoms with E-state index < -0.39 is 0 Å². The average molecular weight is 487 g/mol. The minimum absolute atomic E-state index is 0.179. The topological polar surface area (TPSA) is 75.1 Å². The number of amides is 1. The van der Waals surface area contributed by atoms with Crippen LogP contribution in [-0.4, -0.2) is 37.0 Å². The summed E-state index contributed by atoms with van der Waals surface area (Å²) >= 11 is 5.72. The molecule has 4 aromatic rings. The molecule has 1 aromatic carbocycles. The van der Waals surface area contributed by atoms with E-state index in [9.17, 15) is 9.18 Å². The van der Waals surface area contributed by atoms with Crippen molar-refractivity contribution < 1.29 is 9.18 Å². The SMILES string of the molecule is O=C(CCN1C(=S)N[C@H](c2ccccn2)[C@@H]1c1cccn1-c1cccnc1)Nc1ccc(F)cc1. The van der Waals surface area contributed by atoms with Crippen LogP contribution in [0.1, 0.15) is 29.9 Å². The predicted molar refractivity (Wildman–Crippen MR) is 135 cm³/mol. The van der Waals surface area contributed by atoms with Gasteiger partial charge in [0, 0.05) is 42.9 Å². The molecule has 5 rings (SSSR count). The molecule has 0 aliphatic carbocycles. The number of halogens is 1. The zero-order chi connectivity index (χ0) is 24.2. The van der Waals surface area contributed by atoms with E-state index in [1.165, 1.54) is 24.3 Å². The Labute approximate surface area is 207 Å². The summed E-state index contributed by atoms with van der Waals surface area (Å²) in [7, 11) is 0. The minimum atomic E-state index is -0.350. The Morgan fingerprint density at radius 3 is 2.66 bits per heavy atom. The third-order valence-corrected chi connectivity index (χ3v) is 6.27. The van der Waals surface area contributed by atoms with E-state index in [0.717, 1.165) is 17.1 Å². The molecule has 1 aliphatic heterocycles. The second kappa shape index (κ2) is 10.0. The van der Waals surface area contributed by atoms with Crippen molar-refractivity contribution in [2.75, 3.05) is 11.9 Å². The highest BCUT2D eigenvalue weighted by Crippen LogP contribution is 2.39. The summed E-state index contributed by atoms with van der Waals surface area (Å²) in [5, 5.41) is 6.78. The predicted octanol–water partition coefficient (Wildman–Crippen LogP) is 4.41. The third-order valence-electron chi connectivity index (χ3n) is 5.91. The van der Waals surface area contributed by atoms with Crippen LogP contribution >= 0.6 is 12.2 Å². The molecule has 2 atom stereocenters. The van der Waals surface area contributed by atoms with E-state index in [4.69, 9.17) is 12.2 Å². The zero-order valence-electron chi connectivity index (χ0n) is 18.7. The Bertz CT molecular complexity index is 1310. The quantitative estimate of drug-likeness (QED) is 0.377. The summed E-state index contributed by atoms with van der Waals surface area (Å²) in [6.45, 7) is 0.394. The van der Waals surface area contributed by atoms with Gasteiger partial charge in [-0.15, -0.1) is 0 Å². The van der Waals surface area contributed by atoms with Crippen LogP contribution in [0.4, 0.5) is 10.1 Å². The second-order valence-corrected chi connectivity index (χ2v) is 8.53. The summed E-state index contributed by atoms with van der Waals surface area (Å²) in [5.74, 6) is -0.529. The fourth-order valence-corrected chi connectivity index (χ4v) is 4.64. The lowest BCUT2D eigenvalue weighted by molar-refractivity contribution is -0.116. The molecule has 2 N–H and O–H groups in total. The van der Waals surface area contributed by atoms with Crippen LogP contribution in [0.15, 0.2) is 91.5 Å². The molecule has 3 aromatic heterocycles. The Balaban J connectivity index is 1.42. The summed E-state index contributed by atoms with van der Waals surface area (Å²) < 4.78 is 15.3. The number of hydrogen-bond acceptors (Lipinski definition) is 4. The molecule has 0 bridgehead atoms. The van der Waals surface area contributed by atoms with Crippen LogP contribution in [0, 0.1) is 5.82 Å². The largest absolute Gasteiger partial charge is 0.352 e. The van der Waals surface area contributed by atoms with Gasteiger partial charge in [-0.3, -0.25) is 14.8 Å². The lowest BCUT2D eigenvalue weighted by Crippen LogP contribution is -2.33. The monoisotopic (exact) mass is 486 g/mol. The summed E-state index contributed by atoms with van der Waals surface area (Å²) in [6.07, 6.45) is 7.50. The molecule has 1 fully saturated rings. The van der Waals surface area contributed by atoms with E-state index in [0.29, 0.717) is 17.3 Å². The van der Waals surface area contributed by atoms with Gasteiger partial charge in [0.25, 0.3) is 0 Å². The van der Waals surface area contributed by atoms with E-state index >= 15 is 0 Å². The number of carbonyl (C=O) groups excluding carboxylic acids is 1. The van der Waals surface area contributed by atoms with Crippen molar-refractivity contribution in [3.8, 4) is 5.69 Å². The number of benzene rings is 1. The standard InChI is InChI=1S/C26H23FN6OS/c27-18-8-10-19(11-9-18)30-23(34)12-16-33-25(24(31-26(33)35)21-6-1-2-14-29-21)22-7-4-15-32(22)20-5-3-13-28-17-20/h1-11,13-15,17,24-25H,12,16H2,(H,30,34)(H,31,35)/t24-,25+/m1/s1. The average Bonchev–Trinajstić information content (AvgIpc) is 3.49. The lowest BCUT2D eigenvalue weighted by atomic mass is 10.0.